The first kappa shape index (κ1) is 33.6. The average molecular weight is 677 g/mol. The first-order chi connectivity index (χ1) is 21.9. The van der Waals surface area contributed by atoms with Gasteiger partial charge in [0.25, 0.3) is 11.8 Å². The van der Waals surface area contributed by atoms with E-state index in [-0.39, 0.29) is 66.1 Å². The molecule has 2 aromatic heterocycles. The minimum atomic E-state index is -3.85. The Morgan fingerprint density at radius 3 is 2.39 bits per heavy atom. The Balaban J connectivity index is 1.24. The fourth-order valence-corrected chi connectivity index (χ4v) is 6.98. The van der Waals surface area contributed by atoms with E-state index in [1.54, 1.807) is 24.1 Å². The lowest BCUT2D eigenvalue weighted by Crippen LogP contribution is -2.49. The number of halogens is 3. The zero-order chi connectivity index (χ0) is 33.1. The summed E-state index contributed by atoms with van der Waals surface area (Å²) in [5, 5.41) is 5.52. The first-order valence-electron chi connectivity index (χ1n) is 14.8. The number of nitrogens with two attached hydrogens (primary N) is 1. The number of carbonyl (C=O) groups excluding carboxylic acids is 2. The lowest BCUT2D eigenvalue weighted by molar-refractivity contribution is -0.117. The molecule has 12 nitrogen and oxygen atoms in total. The number of anilines is 2. The minimum absolute atomic E-state index is 0.0210. The van der Waals surface area contributed by atoms with Gasteiger partial charge in [0, 0.05) is 74.7 Å². The second-order valence-electron chi connectivity index (χ2n) is 11.1. The molecule has 5 rings (SSSR count). The molecule has 16 heteroatoms. The molecule has 0 aliphatic carbocycles. The van der Waals surface area contributed by atoms with Crippen LogP contribution in [0.25, 0.3) is 0 Å². The third-order valence-electron chi connectivity index (χ3n) is 7.89. The van der Waals surface area contributed by atoms with Crippen LogP contribution in [0.4, 0.5) is 20.3 Å². The van der Waals surface area contributed by atoms with Crippen molar-refractivity contribution in [3.8, 4) is 0 Å². The quantitative estimate of drug-likeness (QED) is 0.205. The molecule has 0 radical (unpaired) electrons. The number of aromatic nitrogens is 2. The van der Waals surface area contributed by atoms with Gasteiger partial charge in [-0.05, 0) is 68.5 Å². The van der Waals surface area contributed by atoms with Crippen molar-refractivity contribution in [3.05, 3.63) is 76.7 Å². The van der Waals surface area contributed by atoms with Crippen molar-refractivity contribution in [3.63, 3.8) is 0 Å². The summed E-state index contributed by atoms with van der Waals surface area (Å²) < 4.78 is 59.3. The molecule has 3 aromatic rings. The maximum atomic E-state index is 15.6. The first-order valence-corrected chi connectivity index (χ1v) is 16.6. The molecule has 2 saturated heterocycles. The second-order valence-corrected chi connectivity index (χ2v) is 13.4. The van der Waals surface area contributed by atoms with Crippen molar-refractivity contribution in [1.29, 1.82) is 0 Å². The summed E-state index contributed by atoms with van der Waals surface area (Å²) >= 11 is 6.18. The number of nitrogens with one attached hydrogen (secondary N) is 2. The monoisotopic (exact) mass is 676 g/mol. The van der Waals surface area contributed by atoms with Crippen molar-refractivity contribution in [2.45, 2.75) is 29.7 Å². The van der Waals surface area contributed by atoms with Gasteiger partial charge in [0.15, 0.2) is 0 Å². The number of benzene rings is 1. The van der Waals surface area contributed by atoms with Gasteiger partial charge in [-0.15, -0.1) is 0 Å². The van der Waals surface area contributed by atoms with Crippen molar-refractivity contribution >= 4 is 44.9 Å². The van der Waals surface area contributed by atoms with Crippen LogP contribution in [0.2, 0.25) is 5.15 Å². The number of pyridine rings is 2. The van der Waals surface area contributed by atoms with Crippen molar-refractivity contribution in [2.24, 2.45) is 5.73 Å². The van der Waals surface area contributed by atoms with E-state index in [0.717, 1.165) is 24.9 Å². The highest BCUT2D eigenvalue weighted by molar-refractivity contribution is 7.89. The van der Waals surface area contributed by atoms with E-state index in [9.17, 15) is 18.0 Å². The molecule has 2 amide bonds. The van der Waals surface area contributed by atoms with Crippen LogP contribution in [0.15, 0.2) is 59.6 Å². The van der Waals surface area contributed by atoms with E-state index in [1.165, 1.54) is 33.5 Å². The molecule has 1 atom stereocenters. The highest BCUT2D eigenvalue weighted by atomic mass is 35.5. The third-order valence-corrected chi connectivity index (χ3v) is 10.0. The SMILES string of the molecule is CNCCCNC(=O)c1ccc(C(F)(F)c2cc(Cl)nc(N3CCN(S(=O)(=O)c4ccc(N5C[C@H](N)CC5=O)cc4)CC3)c2)cn1. The molecule has 2 aliphatic heterocycles. The Labute approximate surface area is 271 Å². The number of hydrogen-bond donors (Lipinski definition) is 3. The van der Waals surface area contributed by atoms with Crippen molar-refractivity contribution in [1.82, 2.24) is 24.9 Å². The zero-order valence-electron chi connectivity index (χ0n) is 25.1. The topological polar surface area (TPSA) is 154 Å². The van der Waals surface area contributed by atoms with Crippen LogP contribution in [-0.4, -0.2) is 93.4 Å². The predicted octanol–water partition coefficient (Wildman–Crippen LogP) is 2.18. The Hall–Kier alpha value is -3.76. The normalized spacial score (nSPS) is 17.8. The van der Waals surface area contributed by atoms with Crippen LogP contribution < -0.4 is 26.2 Å². The molecule has 2 aliphatic rings. The summed E-state index contributed by atoms with van der Waals surface area (Å²) in [6, 6.07) is 10.5. The number of sulfonamides is 1. The van der Waals surface area contributed by atoms with Gasteiger partial charge < -0.3 is 26.2 Å². The van der Waals surface area contributed by atoms with E-state index in [2.05, 4.69) is 20.6 Å². The van der Waals surface area contributed by atoms with Crippen LogP contribution in [0.3, 0.4) is 0 Å². The van der Waals surface area contributed by atoms with E-state index in [0.29, 0.717) is 25.2 Å². The summed E-state index contributed by atoms with van der Waals surface area (Å²) in [6.45, 7) is 2.07. The standard InChI is InChI=1S/C30H35ClF2N8O4S/c1-35-9-2-10-36-29(43)25-8-3-20(18-37-25)30(32,33)21-15-26(31)38-27(16-21)39-11-13-40(14-12-39)46(44,45)24-6-4-23(5-7-24)41-19-22(34)17-28(41)42/h3-8,15-16,18,22,35H,2,9-14,17,19,34H2,1H3,(H,36,43)/t22-/m1/s1. The molecule has 4 N–H and O–H groups in total. The Bertz CT molecular complexity index is 1670. The molecule has 0 bridgehead atoms. The number of hydrogen-bond acceptors (Lipinski definition) is 9. The van der Waals surface area contributed by atoms with Gasteiger partial charge >= 0.3 is 0 Å². The van der Waals surface area contributed by atoms with Gasteiger partial charge in [0.1, 0.15) is 16.7 Å². The van der Waals surface area contributed by atoms with E-state index >= 15 is 8.78 Å². The fourth-order valence-electron chi connectivity index (χ4n) is 5.35. The molecule has 246 valence electrons. The number of nitrogens with zero attached hydrogens (tertiary/aromatic N) is 5. The number of carbonyl (C=O) groups is 2. The van der Waals surface area contributed by atoms with Crippen LogP contribution in [0, 0.1) is 0 Å². The maximum absolute atomic E-state index is 15.6. The van der Waals surface area contributed by atoms with E-state index in [4.69, 9.17) is 17.3 Å². The van der Waals surface area contributed by atoms with Gasteiger partial charge in [-0.1, -0.05) is 11.6 Å². The zero-order valence-corrected chi connectivity index (χ0v) is 26.7. The molecule has 0 spiro atoms. The van der Waals surface area contributed by atoms with Crippen LogP contribution in [-0.2, 0) is 20.7 Å². The minimum Gasteiger partial charge on any atom is -0.354 e. The summed E-state index contributed by atoms with van der Waals surface area (Å²) in [4.78, 5) is 35.9. The molecule has 4 heterocycles. The largest absolute Gasteiger partial charge is 0.354 e. The predicted molar refractivity (Wildman–Crippen MR) is 170 cm³/mol. The van der Waals surface area contributed by atoms with Gasteiger partial charge in [0.2, 0.25) is 15.9 Å². The Kier molecular flexibility index (Phi) is 10.2. The maximum Gasteiger partial charge on any atom is 0.300 e. The second kappa shape index (κ2) is 13.9. The van der Waals surface area contributed by atoms with Crippen molar-refractivity contribution < 1.29 is 26.8 Å². The highest BCUT2D eigenvalue weighted by Gasteiger charge is 2.37. The van der Waals surface area contributed by atoms with Gasteiger partial charge in [-0.3, -0.25) is 14.6 Å². The van der Waals surface area contributed by atoms with Crippen LogP contribution in [0.1, 0.15) is 34.5 Å². The van der Waals surface area contributed by atoms with E-state index in [1.807, 2.05) is 0 Å². The summed E-state index contributed by atoms with van der Waals surface area (Å²) in [6.07, 6.45) is 1.92. The molecule has 1 aromatic carbocycles. The molecular weight excluding hydrogens is 642 g/mol. The van der Waals surface area contributed by atoms with E-state index < -0.39 is 33.0 Å². The summed E-state index contributed by atoms with van der Waals surface area (Å²) in [7, 11) is -2.05. The lowest BCUT2D eigenvalue weighted by atomic mass is 10.0. The van der Waals surface area contributed by atoms with Crippen LogP contribution >= 0.6 is 11.6 Å². The van der Waals surface area contributed by atoms with Gasteiger partial charge in [0.05, 0.1) is 4.90 Å². The number of alkyl halides is 2. The average Bonchev–Trinajstić information content (AvgIpc) is 3.40. The summed E-state index contributed by atoms with van der Waals surface area (Å²) in [5.74, 6) is -3.89. The van der Waals surface area contributed by atoms with Gasteiger partial charge in [-0.25, -0.2) is 13.4 Å². The molecule has 46 heavy (non-hydrogen) atoms. The number of piperazine rings is 1. The molecule has 0 unspecified atom stereocenters. The lowest BCUT2D eigenvalue weighted by Gasteiger charge is -2.35. The molecule has 0 saturated carbocycles. The Morgan fingerprint density at radius 1 is 1.07 bits per heavy atom. The van der Waals surface area contributed by atoms with Crippen molar-refractivity contribution in [2.75, 3.05) is 62.7 Å². The summed E-state index contributed by atoms with van der Waals surface area (Å²) in [5.41, 5.74) is 5.62. The fraction of sp³-hybridized carbons (Fsp3) is 0.400. The molecular formula is C30H35ClF2N8O4S. The highest BCUT2D eigenvalue weighted by Crippen LogP contribution is 2.38. The molecule has 2 fully saturated rings. The smallest absolute Gasteiger partial charge is 0.300 e. The van der Waals surface area contributed by atoms with Gasteiger partial charge in [-0.2, -0.15) is 13.1 Å². The number of amides is 2. The van der Waals surface area contributed by atoms with Crippen LogP contribution in [0.5, 0.6) is 0 Å². The third kappa shape index (κ3) is 7.28. The Morgan fingerprint density at radius 2 is 1.78 bits per heavy atom. The number of rotatable bonds is 11.